The van der Waals surface area contributed by atoms with Crippen LogP contribution in [0.5, 0.6) is 0 Å². The lowest BCUT2D eigenvalue weighted by Crippen LogP contribution is -2.10. The first-order chi connectivity index (χ1) is 9.74. The molecule has 0 aliphatic rings. The number of nitrogens with zero attached hydrogens (tertiary/aromatic N) is 1. The van der Waals surface area contributed by atoms with Gasteiger partial charge in [0.05, 0.1) is 12.6 Å². The highest BCUT2D eigenvalue weighted by atomic mass is 16.5. The Kier molecular flexibility index (Phi) is 4.76. The van der Waals surface area contributed by atoms with Crippen molar-refractivity contribution in [1.82, 2.24) is 4.98 Å². The standard InChI is InChI=1S/C15H18N2O3/c1-3-12(11-8-6-5-7-9-11)16-15-17-13(10-20-15)14(18)19-4-2/h5-10,12H,3-4H2,1-2H3,(H,16,17). The summed E-state index contributed by atoms with van der Waals surface area (Å²) in [6.45, 7) is 4.13. The second-order valence-corrected chi connectivity index (χ2v) is 4.27. The fourth-order valence-corrected chi connectivity index (χ4v) is 1.89. The van der Waals surface area contributed by atoms with Gasteiger partial charge in [0.2, 0.25) is 0 Å². The Morgan fingerprint density at radius 3 is 2.75 bits per heavy atom. The van der Waals surface area contributed by atoms with E-state index >= 15 is 0 Å². The fraction of sp³-hybridized carbons (Fsp3) is 0.333. The molecule has 1 N–H and O–H groups in total. The number of rotatable bonds is 6. The summed E-state index contributed by atoms with van der Waals surface area (Å²) >= 11 is 0. The number of carbonyl (C=O) groups excluding carboxylic acids is 1. The van der Waals surface area contributed by atoms with Gasteiger partial charge >= 0.3 is 5.97 Å². The molecule has 20 heavy (non-hydrogen) atoms. The summed E-state index contributed by atoms with van der Waals surface area (Å²) < 4.78 is 10.1. The Balaban J connectivity index is 2.07. The van der Waals surface area contributed by atoms with Crippen LogP contribution < -0.4 is 5.32 Å². The van der Waals surface area contributed by atoms with Crippen molar-refractivity contribution in [2.24, 2.45) is 0 Å². The number of nitrogens with one attached hydrogen (secondary N) is 1. The van der Waals surface area contributed by atoms with Gasteiger partial charge in [0.1, 0.15) is 6.26 Å². The molecule has 2 aromatic rings. The van der Waals surface area contributed by atoms with Crippen molar-refractivity contribution in [1.29, 1.82) is 0 Å². The molecule has 1 aromatic heterocycles. The van der Waals surface area contributed by atoms with Crippen molar-refractivity contribution in [2.75, 3.05) is 11.9 Å². The molecular weight excluding hydrogens is 256 g/mol. The molecule has 5 heteroatoms. The zero-order valence-electron chi connectivity index (χ0n) is 11.6. The Labute approximate surface area is 118 Å². The van der Waals surface area contributed by atoms with E-state index in [1.165, 1.54) is 6.26 Å². The normalized spacial score (nSPS) is 11.9. The Morgan fingerprint density at radius 1 is 1.35 bits per heavy atom. The first kappa shape index (κ1) is 14.1. The maximum Gasteiger partial charge on any atom is 0.360 e. The summed E-state index contributed by atoms with van der Waals surface area (Å²) in [5, 5.41) is 3.18. The molecule has 0 bridgehead atoms. The monoisotopic (exact) mass is 274 g/mol. The second-order valence-electron chi connectivity index (χ2n) is 4.27. The largest absolute Gasteiger partial charge is 0.461 e. The third-order valence-corrected chi connectivity index (χ3v) is 2.90. The number of aromatic nitrogens is 1. The van der Waals surface area contributed by atoms with Crippen molar-refractivity contribution in [3.8, 4) is 0 Å². The lowest BCUT2D eigenvalue weighted by Gasteiger charge is -2.15. The maximum absolute atomic E-state index is 11.5. The lowest BCUT2D eigenvalue weighted by atomic mass is 10.1. The number of esters is 1. The van der Waals surface area contributed by atoms with Gasteiger partial charge < -0.3 is 14.5 Å². The van der Waals surface area contributed by atoms with E-state index < -0.39 is 5.97 Å². The average Bonchev–Trinajstić information content (AvgIpc) is 2.94. The zero-order chi connectivity index (χ0) is 14.4. The SMILES string of the molecule is CCOC(=O)c1coc(NC(CC)c2ccccc2)n1. The van der Waals surface area contributed by atoms with Crippen LogP contribution in [0, 0.1) is 0 Å². The van der Waals surface area contributed by atoms with Gasteiger partial charge in [-0.15, -0.1) is 0 Å². The van der Waals surface area contributed by atoms with E-state index in [2.05, 4.69) is 17.2 Å². The number of carbonyl (C=O) groups is 1. The highest BCUT2D eigenvalue weighted by Crippen LogP contribution is 2.22. The first-order valence-corrected chi connectivity index (χ1v) is 6.68. The highest BCUT2D eigenvalue weighted by molar-refractivity contribution is 5.87. The average molecular weight is 274 g/mol. The number of hydrogen-bond acceptors (Lipinski definition) is 5. The molecular formula is C15H18N2O3. The van der Waals surface area contributed by atoms with Crippen LogP contribution in [0.1, 0.15) is 42.4 Å². The van der Waals surface area contributed by atoms with Crippen LogP contribution in [-0.2, 0) is 4.74 Å². The van der Waals surface area contributed by atoms with Gasteiger partial charge in [-0.05, 0) is 18.9 Å². The lowest BCUT2D eigenvalue weighted by molar-refractivity contribution is 0.0519. The van der Waals surface area contributed by atoms with Crippen LogP contribution in [0.4, 0.5) is 6.01 Å². The number of hydrogen-bond donors (Lipinski definition) is 1. The highest BCUT2D eigenvalue weighted by Gasteiger charge is 2.16. The minimum absolute atomic E-state index is 0.0879. The Morgan fingerprint density at radius 2 is 2.10 bits per heavy atom. The number of benzene rings is 1. The van der Waals surface area contributed by atoms with Crippen molar-refractivity contribution in [3.05, 3.63) is 47.9 Å². The molecule has 1 atom stereocenters. The van der Waals surface area contributed by atoms with Crippen LogP contribution in [0.3, 0.4) is 0 Å². The summed E-state index contributed by atoms with van der Waals surface area (Å²) in [5.74, 6) is -0.475. The van der Waals surface area contributed by atoms with Crippen LogP contribution in [-0.4, -0.2) is 17.6 Å². The fourth-order valence-electron chi connectivity index (χ4n) is 1.89. The molecule has 1 unspecified atom stereocenters. The third kappa shape index (κ3) is 3.38. The van der Waals surface area contributed by atoms with Gasteiger partial charge in [0.25, 0.3) is 6.01 Å². The third-order valence-electron chi connectivity index (χ3n) is 2.90. The quantitative estimate of drug-likeness (QED) is 0.818. The number of ether oxygens (including phenoxy) is 1. The predicted molar refractivity (Wildman–Crippen MR) is 75.6 cm³/mol. The van der Waals surface area contributed by atoms with Crippen LogP contribution in [0.2, 0.25) is 0 Å². The van der Waals surface area contributed by atoms with E-state index in [1.54, 1.807) is 6.92 Å². The van der Waals surface area contributed by atoms with Gasteiger partial charge in [-0.1, -0.05) is 37.3 Å². The molecule has 1 aromatic carbocycles. The van der Waals surface area contributed by atoms with E-state index in [1.807, 2.05) is 30.3 Å². The molecule has 0 spiro atoms. The van der Waals surface area contributed by atoms with Gasteiger partial charge in [-0.25, -0.2) is 4.79 Å². The van der Waals surface area contributed by atoms with Crippen molar-refractivity contribution in [2.45, 2.75) is 26.3 Å². The van der Waals surface area contributed by atoms with E-state index in [-0.39, 0.29) is 11.7 Å². The molecule has 1 heterocycles. The van der Waals surface area contributed by atoms with E-state index in [0.717, 1.165) is 12.0 Å². The number of anilines is 1. The molecule has 0 radical (unpaired) electrons. The molecule has 0 aliphatic heterocycles. The minimum atomic E-state index is -0.475. The summed E-state index contributed by atoms with van der Waals surface area (Å²) in [4.78, 5) is 15.6. The number of oxazole rings is 1. The smallest absolute Gasteiger partial charge is 0.360 e. The van der Waals surface area contributed by atoms with Crippen molar-refractivity contribution < 1.29 is 13.9 Å². The van der Waals surface area contributed by atoms with Crippen LogP contribution in [0.15, 0.2) is 41.0 Å². The van der Waals surface area contributed by atoms with Gasteiger partial charge in [-0.2, -0.15) is 4.98 Å². The zero-order valence-corrected chi connectivity index (χ0v) is 11.6. The van der Waals surface area contributed by atoms with Crippen molar-refractivity contribution >= 4 is 12.0 Å². The first-order valence-electron chi connectivity index (χ1n) is 6.68. The summed E-state index contributed by atoms with van der Waals surface area (Å²) in [7, 11) is 0. The van der Waals surface area contributed by atoms with E-state index in [4.69, 9.17) is 9.15 Å². The maximum atomic E-state index is 11.5. The van der Waals surface area contributed by atoms with Gasteiger partial charge in [0.15, 0.2) is 5.69 Å². The van der Waals surface area contributed by atoms with Gasteiger partial charge in [0, 0.05) is 0 Å². The van der Waals surface area contributed by atoms with E-state index in [0.29, 0.717) is 12.6 Å². The summed E-state index contributed by atoms with van der Waals surface area (Å²) in [5.41, 5.74) is 1.32. The minimum Gasteiger partial charge on any atom is -0.461 e. The van der Waals surface area contributed by atoms with Crippen LogP contribution in [0.25, 0.3) is 0 Å². The summed E-state index contributed by atoms with van der Waals surface area (Å²) in [6.07, 6.45) is 2.18. The molecule has 0 amide bonds. The molecule has 0 saturated carbocycles. The molecule has 0 aliphatic carbocycles. The molecule has 0 fully saturated rings. The molecule has 2 rings (SSSR count). The molecule has 106 valence electrons. The molecule has 0 saturated heterocycles. The molecule has 5 nitrogen and oxygen atoms in total. The van der Waals surface area contributed by atoms with Gasteiger partial charge in [-0.3, -0.25) is 0 Å². The predicted octanol–water partition coefficient (Wildman–Crippen LogP) is 3.41. The van der Waals surface area contributed by atoms with E-state index in [9.17, 15) is 4.79 Å². The Hall–Kier alpha value is -2.30. The topological polar surface area (TPSA) is 64.4 Å². The summed E-state index contributed by atoms with van der Waals surface area (Å²) in [6, 6.07) is 10.4. The Bertz CT molecular complexity index is 551. The van der Waals surface area contributed by atoms with Crippen LogP contribution >= 0.6 is 0 Å². The second kappa shape index (κ2) is 6.75. The van der Waals surface area contributed by atoms with Crippen molar-refractivity contribution in [3.63, 3.8) is 0 Å².